The lowest BCUT2D eigenvalue weighted by Crippen LogP contribution is -2.51. The molecule has 7 nitrogen and oxygen atoms in total. The Bertz CT molecular complexity index is 787. The van der Waals surface area contributed by atoms with Crippen molar-refractivity contribution in [2.45, 2.75) is 19.8 Å². The van der Waals surface area contributed by atoms with E-state index < -0.39 is 0 Å². The number of anilines is 1. The second kappa shape index (κ2) is 11.6. The first-order chi connectivity index (χ1) is 14.7. The fourth-order valence-corrected chi connectivity index (χ4v) is 3.81. The molecule has 1 saturated heterocycles. The van der Waals surface area contributed by atoms with E-state index in [1.54, 1.807) is 0 Å². The lowest BCUT2D eigenvalue weighted by molar-refractivity contribution is 0.0946. The van der Waals surface area contributed by atoms with Gasteiger partial charge in [-0.15, -0.1) is 11.3 Å². The number of nitrogens with one attached hydrogen (secondary N) is 2. The molecule has 2 heterocycles. The molecule has 8 heteroatoms. The number of hydrogen-bond acceptors (Lipinski definition) is 5. The number of carbonyl (C=O) groups is 2. The zero-order valence-corrected chi connectivity index (χ0v) is 18.2. The summed E-state index contributed by atoms with van der Waals surface area (Å²) >= 11 is 1.44. The van der Waals surface area contributed by atoms with Crippen LogP contribution in [0.2, 0.25) is 0 Å². The topological polar surface area (TPSA) is 73.9 Å². The minimum atomic E-state index is -0.0831. The van der Waals surface area contributed by atoms with Crippen LogP contribution in [0.4, 0.5) is 10.5 Å². The van der Waals surface area contributed by atoms with Gasteiger partial charge in [0, 0.05) is 45.0 Å². The van der Waals surface area contributed by atoms with Crippen molar-refractivity contribution in [3.8, 4) is 5.75 Å². The van der Waals surface area contributed by atoms with Crippen molar-refractivity contribution in [3.05, 3.63) is 46.7 Å². The highest BCUT2D eigenvalue weighted by Crippen LogP contribution is 2.17. The third-order valence-corrected chi connectivity index (χ3v) is 5.86. The highest BCUT2D eigenvalue weighted by atomic mass is 32.1. The number of ether oxygens (including phenoxy) is 1. The largest absolute Gasteiger partial charge is 0.494 e. The first-order valence-electron chi connectivity index (χ1n) is 10.5. The molecule has 1 aromatic carbocycles. The van der Waals surface area contributed by atoms with E-state index in [1.807, 2.05) is 46.7 Å². The first-order valence-corrected chi connectivity index (χ1v) is 11.4. The van der Waals surface area contributed by atoms with Crippen molar-refractivity contribution < 1.29 is 14.3 Å². The van der Waals surface area contributed by atoms with Crippen LogP contribution < -0.4 is 15.4 Å². The number of piperazine rings is 1. The fraction of sp³-hybridized carbons (Fsp3) is 0.455. The van der Waals surface area contributed by atoms with Gasteiger partial charge in [0.25, 0.3) is 5.91 Å². The Morgan fingerprint density at radius 2 is 1.87 bits per heavy atom. The molecule has 0 spiro atoms. The van der Waals surface area contributed by atoms with Crippen LogP contribution in [0.5, 0.6) is 5.75 Å². The number of amides is 3. The molecule has 2 aromatic rings. The summed E-state index contributed by atoms with van der Waals surface area (Å²) in [5.41, 5.74) is 0.765. The molecule has 2 N–H and O–H groups in total. The van der Waals surface area contributed by atoms with Gasteiger partial charge in [0.1, 0.15) is 5.75 Å². The molecule has 30 heavy (non-hydrogen) atoms. The van der Waals surface area contributed by atoms with Crippen LogP contribution in [0.3, 0.4) is 0 Å². The Hall–Kier alpha value is -2.58. The number of carbonyl (C=O) groups excluding carboxylic acids is 2. The Morgan fingerprint density at radius 1 is 1.10 bits per heavy atom. The summed E-state index contributed by atoms with van der Waals surface area (Å²) in [6, 6.07) is 11.1. The summed E-state index contributed by atoms with van der Waals surface area (Å²) < 4.78 is 5.65. The van der Waals surface area contributed by atoms with Crippen LogP contribution in [0.1, 0.15) is 29.4 Å². The molecule has 0 aliphatic carbocycles. The zero-order chi connectivity index (χ0) is 21.2. The van der Waals surface area contributed by atoms with Gasteiger partial charge in [-0.2, -0.15) is 0 Å². The van der Waals surface area contributed by atoms with E-state index in [-0.39, 0.29) is 11.9 Å². The molecule has 1 aliphatic rings. The van der Waals surface area contributed by atoms with Crippen LogP contribution in [0, 0.1) is 0 Å². The average molecular weight is 431 g/mol. The van der Waals surface area contributed by atoms with E-state index >= 15 is 0 Å². The molecular formula is C22H30N4O3S. The molecule has 3 rings (SSSR count). The molecular weight excluding hydrogens is 400 g/mol. The van der Waals surface area contributed by atoms with Gasteiger partial charge in [-0.05, 0) is 42.1 Å². The lowest BCUT2D eigenvalue weighted by atomic mass is 10.3. The monoisotopic (exact) mass is 430 g/mol. The van der Waals surface area contributed by atoms with Crippen LogP contribution in [-0.2, 0) is 0 Å². The third-order valence-electron chi connectivity index (χ3n) is 4.99. The second-order valence-corrected chi connectivity index (χ2v) is 8.17. The van der Waals surface area contributed by atoms with Crippen molar-refractivity contribution in [1.82, 2.24) is 15.1 Å². The maximum absolute atomic E-state index is 12.5. The molecule has 0 bridgehead atoms. The number of benzene rings is 1. The number of thiophene rings is 1. The molecule has 0 unspecified atom stereocenters. The van der Waals surface area contributed by atoms with Gasteiger partial charge in [-0.25, -0.2) is 4.79 Å². The van der Waals surface area contributed by atoms with E-state index in [2.05, 4.69) is 22.5 Å². The normalized spacial score (nSPS) is 14.4. The Kier molecular flexibility index (Phi) is 8.53. The summed E-state index contributed by atoms with van der Waals surface area (Å²) in [5.74, 6) is 0.797. The summed E-state index contributed by atoms with van der Waals surface area (Å²) in [6.45, 7) is 7.17. The number of nitrogens with zero attached hydrogens (tertiary/aromatic N) is 2. The summed E-state index contributed by atoms with van der Waals surface area (Å²) in [4.78, 5) is 29.3. The lowest BCUT2D eigenvalue weighted by Gasteiger charge is -2.34. The van der Waals surface area contributed by atoms with Crippen LogP contribution >= 0.6 is 11.3 Å². The molecule has 0 radical (unpaired) electrons. The van der Waals surface area contributed by atoms with Crippen molar-refractivity contribution in [2.75, 3.05) is 51.2 Å². The van der Waals surface area contributed by atoms with Crippen LogP contribution in [-0.4, -0.2) is 67.6 Å². The Labute approximate surface area is 182 Å². The quantitative estimate of drug-likeness (QED) is 0.597. The molecule has 162 valence electrons. The molecule has 1 aliphatic heterocycles. The molecule has 1 aromatic heterocycles. The summed E-state index contributed by atoms with van der Waals surface area (Å²) in [7, 11) is 0. The predicted molar refractivity (Wildman–Crippen MR) is 121 cm³/mol. The van der Waals surface area contributed by atoms with Crippen molar-refractivity contribution in [1.29, 1.82) is 0 Å². The van der Waals surface area contributed by atoms with E-state index in [4.69, 9.17) is 4.74 Å². The van der Waals surface area contributed by atoms with Gasteiger partial charge in [-0.1, -0.05) is 19.4 Å². The maximum atomic E-state index is 12.5. The van der Waals surface area contributed by atoms with Gasteiger partial charge in [0.05, 0.1) is 11.5 Å². The molecule has 3 amide bonds. The minimum absolute atomic E-state index is 0.0233. The molecule has 1 fully saturated rings. The van der Waals surface area contributed by atoms with Gasteiger partial charge in [0.2, 0.25) is 0 Å². The van der Waals surface area contributed by atoms with E-state index in [9.17, 15) is 9.59 Å². The Morgan fingerprint density at radius 3 is 2.53 bits per heavy atom. The number of unbranched alkanes of at least 4 members (excludes halogenated alkanes) is 1. The summed E-state index contributed by atoms with van der Waals surface area (Å²) in [5, 5.41) is 7.80. The van der Waals surface area contributed by atoms with E-state index in [0.29, 0.717) is 26.2 Å². The number of rotatable bonds is 9. The van der Waals surface area contributed by atoms with Crippen LogP contribution in [0.15, 0.2) is 41.8 Å². The predicted octanol–water partition coefficient (Wildman–Crippen LogP) is 3.51. The minimum Gasteiger partial charge on any atom is -0.494 e. The van der Waals surface area contributed by atoms with Gasteiger partial charge < -0.3 is 20.3 Å². The van der Waals surface area contributed by atoms with Crippen molar-refractivity contribution in [2.24, 2.45) is 0 Å². The zero-order valence-electron chi connectivity index (χ0n) is 17.4. The number of hydrogen-bond donors (Lipinski definition) is 2. The van der Waals surface area contributed by atoms with Gasteiger partial charge >= 0.3 is 6.03 Å². The van der Waals surface area contributed by atoms with Gasteiger partial charge in [-0.3, -0.25) is 9.69 Å². The van der Waals surface area contributed by atoms with E-state index in [1.165, 1.54) is 11.3 Å². The second-order valence-electron chi connectivity index (χ2n) is 7.22. The SMILES string of the molecule is CCCCOc1ccc(NC(=O)N2CCN(CCNC(=O)c3cccs3)CC2)cc1. The number of urea groups is 1. The van der Waals surface area contributed by atoms with Crippen molar-refractivity contribution in [3.63, 3.8) is 0 Å². The van der Waals surface area contributed by atoms with Crippen LogP contribution in [0.25, 0.3) is 0 Å². The third kappa shape index (κ3) is 6.74. The maximum Gasteiger partial charge on any atom is 0.321 e. The molecule has 0 atom stereocenters. The van der Waals surface area contributed by atoms with Crippen molar-refractivity contribution >= 4 is 29.0 Å². The fourth-order valence-electron chi connectivity index (χ4n) is 3.17. The van der Waals surface area contributed by atoms with E-state index in [0.717, 1.165) is 48.8 Å². The Balaban J connectivity index is 1.34. The smallest absolute Gasteiger partial charge is 0.321 e. The summed E-state index contributed by atoms with van der Waals surface area (Å²) in [6.07, 6.45) is 2.14. The standard InChI is InChI=1S/C22H30N4O3S/c1-2-3-16-29-19-8-6-18(7-9-19)24-22(28)26-14-12-25(13-15-26)11-10-23-21(27)20-5-4-17-30-20/h4-9,17H,2-3,10-16H2,1H3,(H,23,27)(H,24,28). The van der Waals surface area contributed by atoms with Gasteiger partial charge in [0.15, 0.2) is 0 Å². The highest BCUT2D eigenvalue weighted by molar-refractivity contribution is 7.12. The first kappa shape index (κ1) is 22.1. The molecule has 0 saturated carbocycles. The highest BCUT2D eigenvalue weighted by Gasteiger charge is 2.21. The average Bonchev–Trinajstić information content (AvgIpc) is 3.31.